The molecule has 122 valence electrons. The van der Waals surface area contributed by atoms with Gasteiger partial charge in [-0.2, -0.15) is 0 Å². The second-order valence-electron chi connectivity index (χ2n) is 5.76. The van der Waals surface area contributed by atoms with Gasteiger partial charge in [-0.3, -0.25) is 4.98 Å². The van der Waals surface area contributed by atoms with Crippen molar-refractivity contribution >= 4 is 22.6 Å². The highest BCUT2D eigenvalue weighted by Crippen LogP contribution is 2.25. The molecule has 0 saturated carbocycles. The number of pyridine rings is 1. The van der Waals surface area contributed by atoms with Gasteiger partial charge in [-0.25, -0.2) is 4.79 Å². The van der Waals surface area contributed by atoms with E-state index in [-0.39, 0.29) is 6.03 Å². The zero-order valence-corrected chi connectivity index (χ0v) is 14.0. The molecule has 4 heteroatoms. The van der Waals surface area contributed by atoms with Crippen LogP contribution in [0.5, 0.6) is 0 Å². The zero-order chi connectivity index (χ0) is 16.9. The molecule has 0 radical (unpaired) electrons. The Bertz CT molecular complexity index is 846. The van der Waals surface area contributed by atoms with Crippen LogP contribution in [-0.4, -0.2) is 22.5 Å². The molecule has 0 spiro atoms. The Kier molecular flexibility index (Phi) is 4.75. The first-order valence-electron chi connectivity index (χ1n) is 8.13. The van der Waals surface area contributed by atoms with Crippen molar-refractivity contribution in [2.75, 3.05) is 11.9 Å². The molecule has 0 saturated heterocycles. The van der Waals surface area contributed by atoms with Crippen LogP contribution in [0.25, 0.3) is 10.9 Å². The third-order valence-corrected chi connectivity index (χ3v) is 4.10. The van der Waals surface area contributed by atoms with Crippen LogP contribution in [0.1, 0.15) is 18.1 Å². The molecule has 1 N–H and O–H groups in total. The van der Waals surface area contributed by atoms with E-state index in [2.05, 4.69) is 10.3 Å². The van der Waals surface area contributed by atoms with Gasteiger partial charge >= 0.3 is 6.03 Å². The summed E-state index contributed by atoms with van der Waals surface area (Å²) in [6.45, 7) is 5.24. The van der Waals surface area contributed by atoms with Gasteiger partial charge in [-0.05, 0) is 43.2 Å². The Balaban J connectivity index is 1.82. The highest BCUT2D eigenvalue weighted by Gasteiger charge is 2.14. The molecule has 0 bridgehead atoms. The Hall–Kier alpha value is -2.88. The number of anilines is 1. The van der Waals surface area contributed by atoms with E-state index in [1.54, 1.807) is 11.1 Å². The lowest BCUT2D eigenvalue weighted by Gasteiger charge is -2.22. The van der Waals surface area contributed by atoms with Crippen LogP contribution in [-0.2, 0) is 6.54 Å². The van der Waals surface area contributed by atoms with Gasteiger partial charge in [-0.1, -0.05) is 36.4 Å². The van der Waals surface area contributed by atoms with Gasteiger partial charge in [0.1, 0.15) is 0 Å². The fourth-order valence-electron chi connectivity index (χ4n) is 2.75. The smallest absolute Gasteiger partial charge is 0.320 e. The minimum absolute atomic E-state index is 0.102. The highest BCUT2D eigenvalue weighted by atomic mass is 16.2. The number of aryl methyl sites for hydroxylation is 1. The maximum absolute atomic E-state index is 12.7. The third-order valence-electron chi connectivity index (χ3n) is 4.10. The Morgan fingerprint density at radius 2 is 1.88 bits per heavy atom. The molecule has 3 aromatic rings. The molecule has 2 aromatic carbocycles. The summed E-state index contributed by atoms with van der Waals surface area (Å²) in [5.74, 6) is 0. The number of fused-ring (bicyclic) bond motifs is 1. The number of aromatic nitrogens is 1. The van der Waals surface area contributed by atoms with E-state index in [1.165, 1.54) is 0 Å². The van der Waals surface area contributed by atoms with E-state index in [9.17, 15) is 4.79 Å². The number of benzene rings is 2. The molecule has 0 unspecified atom stereocenters. The number of nitrogens with zero attached hydrogens (tertiary/aromatic N) is 2. The first kappa shape index (κ1) is 16.0. The topological polar surface area (TPSA) is 45.2 Å². The molecule has 2 amide bonds. The molecule has 0 aliphatic carbocycles. The Morgan fingerprint density at radius 1 is 1.08 bits per heavy atom. The molecular formula is C20H21N3O. The van der Waals surface area contributed by atoms with E-state index in [0.29, 0.717) is 13.1 Å². The second-order valence-corrected chi connectivity index (χ2v) is 5.76. The van der Waals surface area contributed by atoms with E-state index in [0.717, 1.165) is 27.7 Å². The van der Waals surface area contributed by atoms with Gasteiger partial charge in [0.2, 0.25) is 0 Å². The first-order valence-corrected chi connectivity index (χ1v) is 8.13. The molecule has 0 aliphatic heterocycles. The molecule has 1 aromatic heterocycles. The van der Waals surface area contributed by atoms with Gasteiger partial charge in [0, 0.05) is 24.7 Å². The van der Waals surface area contributed by atoms with Gasteiger partial charge in [0.25, 0.3) is 0 Å². The number of nitrogens with one attached hydrogen (secondary N) is 1. The lowest BCUT2D eigenvalue weighted by Crippen LogP contribution is -2.34. The number of carbonyl (C=O) groups excluding carboxylic acids is 1. The monoisotopic (exact) mass is 319 g/mol. The molecule has 1 heterocycles. The number of rotatable bonds is 4. The fourth-order valence-corrected chi connectivity index (χ4v) is 2.75. The van der Waals surface area contributed by atoms with Gasteiger partial charge < -0.3 is 10.2 Å². The Labute approximate surface area is 142 Å². The van der Waals surface area contributed by atoms with E-state index < -0.39 is 0 Å². The summed E-state index contributed by atoms with van der Waals surface area (Å²) in [4.78, 5) is 18.9. The van der Waals surface area contributed by atoms with Gasteiger partial charge in [-0.15, -0.1) is 0 Å². The first-order chi connectivity index (χ1) is 11.7. The van der Waals surface area contributed by atoms with Crippen molar-refractivity contribution in [1.29, 1.82) is 0 Å². The third kappa shape index (κ3) is 3.38. The van der Waals surface area contributed by atoms with Crippen molar-refractivity contribution in [3.63, 3.8) is 0 Å². The highest BCUT2D eigenvalue weighted by molar-refractivity contribution is 6.01. The average molecular weight is 319 g/mol. The van der Waals surface area contributed by atoms with Crippen LogP contribution in [0.3, 0.4) is 0 Å². The number of urea groups is 1. The lowest BCUT2D eigenvalue weighted by molar-refractivity contribution is 0.212. The molecule has 3 rings (SSSR count). The fraction of sp³-hybridized carbons (Fsp3) is 0.200. The van der Waals surface area contributed by atoms with Crippen LogP contribution in [0.4, 0.5) is 10.5 Å². The lowest BCUT2D eigenvalue weighted by atomic mass is 10.1. The van der Waals surface area contributed by atoms with Crippen LogP contribution in [0, 0.1) is 6.92 Å². The summed E-state index contributed by atoms with van der Waals surface area (Å²) in [5.41, 5.74) is 3.92. The number of amides is 2. The quantitative estimate of drug-likeness (QED) is 0.764. The molecule has 4 nitrogen and oxygen atoms in total. The predicted molar refractivity (Wildman–Crippen MR) is 98.0 cm³/mol. The van der Waals surface area contributed by atoms with Crippen molar-refractivity contribution in [2.45, 2.75) is 20.4 Å². The van der Waals surface area contributed by atoms with Crippen LogP contribution in [0.15, 0.2) is 60.8 Å². The minimum atomic E-state index is -0.102. The molecule has 0 atom stereocenters. The van der Waals surface area contributed by atoms with Crippen molar-refractivity contribution in [2.24, 2.45) is 0 Å². The standard InChI is InChI=1S/C20H21N3O/c1-3-23(14-16-8-5-4-6-9-16)20(24)22-18-12-11-15(2)19-17(18)10-7-13-21-19/h4-13H,3,14H2,1-2H3,(H,22,24). The van der Waals surface area contributed by atoms with E-state index >= 15 is 0 Å². The molecule has 0 fully saturated rings. The molecule has 0 aliphatic rings. The molecular weight excluding hydrogens is 298 g/mol. The summed E-state index contributed by atoms with van der Waals surface area (Å²) in [7, 11) is 0. The normalized spacial score (nSPS) is 10.6. The van der Waals surface area contributed by atoms with Gasteiger partial charge in [0.15, 0.2) is 0 Å². The van der Waals surface area contributed by atoms with Gasteiger partial charge in [0.05, 0.1) is 11.2 Å². The van der Waals surface area contributed by atoms with E-state index in [1.807, 2.05) is 68.4 Å². The summed E-state index contributed by atoms with van der Waals surface area (Å²) in [6, 6.07) is 17.7. The summed E-state index contributed by atoms with van der Waals surface area (Å²) < 4.78 is 0. The van der Waals surface area contributed by atoms with Crippen molar-refractivity contribution < 1.29 is 4.79 Å². The van der Waals surface area contributed by atoms with Crippen LogP contribution < -0.4 is 5.32 Å². The summed E-state index contributed by atoms with van der Waals surface area (Å²) in [5, 5.41) is 3.99. The second kappa shape index (κ2) is 7.13. The molecule has 24 heavy (non-hydrogen) atoms. The maximum Gasteiger partial charge on any atom is 0.322 e. The predicted octanol–water partition coefficient (Wildman–Crippen LogP) is 4.60. The largest absolute Gasteiger partial charge is 0.322 e. The van der Waals surface area contributed by atoms with Crippen LogP contribution in [0.2, 0.25) is 0 Å². The summed E-state index contributed by atoms with van der Waals surface area (Å²) >= 11 is 0. The summed E-state index contributed by atoms with van der Waals surface area (Å²) in [6.07, 6.45) is 1.77. The zero-order valence-electron chi connectivity index (χ0n) is 14.0. The number of hydrogen-bond acceptors (Lipinski definition) is 2. The average Bonchev–Trinajstić information content (AvgIpc) is 2.63. The Morgan fingerprint density at radius 3 is 2.62 bits per heavy atom. The maximum atomic E-state index is 12.7. The number of carbonyl (C=O) groups is 1. The van der Waals surface area contributed by atoms with Crippen molar-refractivity contribution in [3.05, 3.63) is 71.9 Å². The SMILES string of the molecule is CCN(Cc1ccccc1)C(=O)Nc1ccc(C)c2ncccc12. The minimum Gasteiger partial charge on any atom is -0.320 e. The number of hydrogen-bond donors (Lipinski definition) is 1. The van der Waals surface area contributed by atoms with E-state index in [4.69, 9.17) is 0 Å². The van der Waals surface area contributed by atoms with Crippen molar-refractivity contribution in [1.82, 2.24) is 9.88 Å². The van der Waals surface area contributed by atoms with Crippen LogP contribution >= 0.6 is 0 Å². The van der Waals surface area contributed by atoms with Crippen molar-refractivity contribution in [3.8, 4) is 0 Å².